The third-order valence-electron chi connectivity index (χ3n) is 20.5. The molecule has 3 N–H and O–H groups in total. The van der Waals surface area contributed by atoms with Crippen molar-refractivity contribution in [2.24, 2.45) is 5.92 Å². The Morgan fingerprint density at radius 3 is 0.642 bits per heavy atom. The summed E-state index contributed by atoms with van der Waals surface area (Å²) >= 11 is 0. The second kappa shape index (κ2) is 79.7. The molecule has 0 aliphatic carbocycles. The molecule has 0 aliphatic heterocycles. The third kappa shape index (κ3) is 80.1. The monoisotopic (exact) mass is 1550 g/mol. The van der Waals surface area contributed by atoms with Crippen LogP contribution in [0, 0.1) is 5.92 Å². The third-order valence-corrected chi connectivity index (χ3v) is 22.4. The number of carbonyl (C=O) groups is 4. The van der Waals surface area contributed by atoms with Gasteiger partial charge in [-0.2, -0.15) is 0 Å². The number of aliphatic hydroxyl groups is 1. The Morgan fingerprint density at radius 1 is 0.255 bits per heavy atom. The first kappa shape index (κ1) is 104. The van der Waals surface area contributed by atoms with E-state index in [0.717, 1.165) is 95.8 Å². The van der Waals surface area contributed by atoms with Gasteiger partial charge in [0.05, 0.1) is 26.4 Å². The number of esters is 4. The van der Waals surface area contributed by atoms with E-state index in [2.05, 4.69) is 34.6 Å². The zero-order valence-corrected chi connectivity index (χ0v) is 71.4. The number of ether oxygens (including phenoxy) is 4. The molecule has 2 unspecified atom stereocenters. The molecule has 0 aliphatic rings. The summed E-state index contributed by atoms with van der Waals surface area (Å²) in [5, 5.41) is 10.7. The summed E-state index contributed by atoms with van der Waals surface area (Å²) in [7, 11) is -9.93. The predicted octanol–water partition coefficient (Wildman–Crippen LogP) is 26.8. The molecule has 0 aromatic rings. The van der Waals surface area contributed by atoms with Crippen molar-refractivity contribution in [1.82, 2.24) is 0 Å². The summed E-state index contributed by atoms with van der Waals surface area (Å²) in [5.74, 6) is -1.31. The van der Waals surface area contributed by atoms with E-state index in [1.807, 2.05) is 0 Å². The van der Waals surface area contributed by atoms with Gasteiger partial charge in [0.1, 0.15) is 19.3 Å². The Hall–Kier alpha value is -1.94. The van der Waals surface area contributed by atoms with Gasteiger partial charge in [0, 0.05) is 25.7 Å². The lowest BCUT2D eigenvalue weighted by Crippen LogP contribution is -2.30. The number of unbranched alkanes of at least 4 members (excludes halogenated alkanes) is 59. The summed E-state index contributed by atoms with van der Waals surface area (Å²) < 4.78 is 69.0. The fourth-order valence-corrected chi connectivity index (χ4v) is 15.2. The van der Waals surface area contributed by atoms with Crippen LogP contribution in [-0.4, -0.2) is 96.7 Å². The zero-order valence-electron chi connectivity index (χ0n) is 69.6. The largest absolute Gasteiger partial charge is 0.472 e. The second-order valence-electron chi connectivity index (χ2n) is 31.8. The maximum atomic E-state index is 13.2. The molecule has 19 heteroatoms. The van der Waals surface area contributed by atoms with Crippen LogP contribution in [-0.2, 0) is 65.4 Å². The van der Waals surface area contributed by atoms with Crippen molar-refractivity contribution in [3.05, 3.63) is 0 Å². The molecule has 17 nitrogen and oxygen atoms in total. The molecule has 106 heavy (non-hydrogen) atoms. The van der Waals surface area contributed by atoms with E-state index in [-0.39, 0.29) is 25.7 Å². The standard InChI is InChI=1S/C87H170O17P2/c1-6-9-12-15-18-21-24-27-29-31-32-33-34-36-38-42-47-52-57-62-67-72-86(91)103-83(77-98-85(90)71-66-61-56-51-46-41-37-35-30-28-25-22-19-16-13-10-7-2)79-102-106(95,96)100-75-81(88)74-99-105(93,94)101-78-82(76-97-84(89)70-65-60-55-50-45-26-23-20-17-14-11-8-3)104-87(92)73-68-63-58-53-48-43-39-40-44-49-54-59-64-69-80(4)5/h80-83,88H,6-79H2,1-5H3,(H,93,94)(H,95,96)/t81-,82+,83+/m0/s1. The molecule has 0 amide bonds. The van der Waals surface area contributed by atoms with Crippen molar-refractivity contribution >= 4 is 39.5 Å². The van der Waals surface area contributed by atoms with E-state index in [1.165, 1.54) is 295 Å². The molecule has 5 atom stereocenters. The number of phosphoric ester groups is 2. The van der Waals surface area contributed by atoms with Crippen molar-refractivity contribution in [3.8, 4) is 0 Å². The van der Waals surface area contributed by atoms with E-state index in [1.54, 1.807) is 0 Å². The lowest BCUT2D eigenvalue weighted by molar-refractivity contribution is -0.161. The molecular weight excluding hydrogens is 1380 g/mol. The normalized spacial score (nSPS) is 13.7. The van der Waals surface area contributed by atoms with Crippen molar-refractivity contribution in [2.45, 2.75) is 490 Å². The average Bonchev–Trinajstić information content (AvgIpc) is 0.902. The number of rotatable bonds is 87. The zero-order chi connectivity index (χ0) is 77.6. The summed E-state index contributed by atoms with van der Waals surface area (Å²) in [4.78, 5) is 73.3. The van der Waals surface area contributed by atoms with Crippen LogP contribution in [0.2, 0.25) is 0 Å². The Morgan fingerprint density at radius 2 is 0.434 bits per heavy atom. The fourth-order valence-electron chi connectivity index (χ4n) is 13.6. The molecule has 0 spiro atoms. The molecule has 0 aromatic heterocycles. The van der Waals surface area contributed by atoms with E-state index < -0.39 is 97.5 Å². The highest BCUT2D eigenvalue weighted by Crippen LogP contribution is 2.45. The molecular formula is C87H170O17P2. The van der Waals surface area contributed by atoms with Crippen LogP contribution in [0.3, 0.4) is 0 Å². The highest BCUT2D eigenvalue weighted by Gasteiger charge is 2.30. The minimum atomic E-state index is -4.97. The molecule has 0 bridgehead atoms. The van der Waals surface area contributed by atoms with Gasteiger partial charge in [0.15, 0.2) is 12.2 Å². The highest BCUT2D eigenvalue weighted by molar-refractivity contribution is 7.47. The van der Waals surface area contributed by atoms with Gasteiger partial charge in [-0.25, -0.2) is 9.13 Å². The van der Waals surface area contributed by atoms with Crippen LogP contribution in [0.5, 0.6) is 0 Å². The first-order valence-corrected chi connectivity index (χ1v) is 48.1. The van der Waals surface area contributed by atoms with Crippen LogP contribution in [0.25, 0.3) is 0 Å². The van der Waals surface area contributed by atoms with Gasteiger partial charge in [0.25, 0.3) is 0 Å². The molecule has 0 saturated carbocycles. The topological polar surface area (TPSA) is 237 Å². The maximum Gasteiger partial charge on any atom is 0.472 e. The molecule has 0 rings (SSSR count). The van der Waals surface area contributed by atoms with Crippen LogP contribution >= 0.6 is 15.6 Å². The summed E-state index contributed by atoms with van der Waals surface area (Å²) in [5.41, 5.74) is 0. The van der Waals surface area contributed by atoms with Crippen molar-refractivity contribution < 1.29 is 80.2 Å². The Balaban J connectivity index is 5.25. The van der Waals surface area contributed by atoms with Crippen LogP contribution in [0.15, 0.2) is 0 Å². The lowest BCUT2D eigenvalue weighted by atomic mass is 10.0. The molecule has 0 fully saturated rings. The lowest BCUT2D eigenvalue weighted by Gasteiger charge is -2.21. The van der Waals surface area contributed by atoms with E-state index >= 15 is 0 Å². The first-order chi connectivity index (χ1) is 51.5. The van der Waals surface area contributed by atoms with Gasteiger partial charge in [-0.05, 0) is 31.6 Å². The summed E-state index contributed by atoms with van der Waals surface area (Å²) in [6.07, 6.45) is 73.5. The van der Waals surface area contributed by atoms with Gasteiger partial charge in [0.2, 0.25) is 0 Å². The molecule has 630 valence electrons. The smallest absolute Gasteiger partial charge is 0.462 e. The van der Waals surface area contributed by atoms with Gasteiger partial charge in [-0.3, -0.25) is 37.3 Å². The minimum Gasteiger partial charge on any atom is -0.462 e. The van der Waals surface area contributed by atoms with Crippen LogP contribution in [0.4, 0.5) is 0 Å². The van der Waals surface area contributed by atoms with E-state index in [9.17, 15) is 43.2 Å². The Labute approximate surface area is 651 Å². The quantitative estimate of drug-likeness (QED) is 0.0222. The summed E-state index contributed by atoms with van der Waals surface area (Å²) in [6.45, 7) is 7.39. The fraction of sp³-hybridized carbons (Fsp3) is 0.954. The average molecular weight is 1550 g/mol. The maximum absolute atomic E-state index is 13.2. The number of phosphoric acid groups is 2. The Kier molecular flexibility index (Phi) is 78.2. The number of aliphatic hydroxyl groups excluding tert-OH is 1. The molecule has 0 saturated heterocycles. The van der Waals surface area contributed by atoms with Crippen molar-refractivity contribution in [2.75, 3.05) is 39.6 Å². The summed E-state index contributed by atoms with van der Waals surface area (Å²) in [6, 6.07) is 0. The van der Waals surface area contributed by atoms with Gasteiger partial charge in [-0.1, -0.05) is 420 Å². The van der Waals surface area contributed by atoms with E-state index in [4.69, 9.17) is 37.0 Å². The van der Waals surface area contributed by atoms with Gasteiger partial charge in [-0.15, -0.1) is 0 Å². The predicted molar refractivity (Wildman–Crippen MR) is 437 cm³/mol. The number of hydrogen-bond acceptors (Lipinski definition) is 15. The molecule has 0 radical (unpaired) electrons. The van der Waals surface area contributed by atoms with Crippen LogP contribution in [0.1, 0.15) is 471 Å². The van der Waals surface area contributed by atoms with Crippen molar-refractivity contribution in [1.29, 1.82) is 0 Å². The molecule has 0 aromatic carbocycles. The Bertz CT molecular complexity index is 2010. The van der Waals surface area contributed by atoms with Crippen molar-refractivity contribution in [3.63, 3.8) is 0 Å². The minimum absolute atomic E-state index is 0.108. The number of carbonyl (C=O) groups excluding carboxylic acids is 4. The van der Waals surface area contributed by atoms with E-state index in [0.29, 0.717) is 25.7 Å². The van der Waals surface area contributed by atoms with Gasteiger partial charge < -0.3 is 33.8 Å². The van der Waals surface area contributed by atoms with Crippen LogP contribution < -0.4 is 0 Å². The second-order valence-corrected chi connectivity index (χ2v) is 34.7. The number of hydrogen-bond donors (Lipinski definition) is 3. The first-order valence-electron chi connectivity index (χ1n) is 45.1. The van der Waals surface area contributed by atoms with Gasteiger partial charge >= 0.3 is 39.5 Å². The SMILES string of the molecule is CCCCCCCCCCCCCCCCCCCCCCCC(=O)O[C@H](COC(=O)CCCCCCCCCCCCCCCCCCC)COP(=O)(O)OC[C@@H](O)COP(=O)(O)OC[C@@H](COC(=O)CCCCCCCCCCCCCC)OC(=O)CCCCCCCCCCCCCCCC(C)C. The highest BCUT2D eigenvalue weighted by atomic mass is 31.2. The molecule has 0 heterocycles.